The van der Waals surface area contributed by atoms with Crippen LogP contribution in [0.5, 0.6) is 0 Å². The summed E-state index contributed by atoms with van der Waals surface area (Å²) in [6.07, 6.45) is 6.28. The van der Waals surface area contributed by atoms with Crippen LogP contribution in [0.3, 0.4) is 0 Å². The summed E-state index contributed by atoms with van der Waals surface area (Å²) in [5.74, 6) is -0.0790. The lowest BCUT2D eigenvalue weighted by atomic mass is 9.93. The number of benzene rings is 1. The van der Waals surface area contributed by atoms with Crippen LogP contribution in [0.15, 0.2) is 18.2 Å². The van der Waals surface area contributed by atoms with Gasteiger partial charge in [0.1, 0.15) is 5.82 Å². The van der Waals surface area contributed by atoms with Gasteiger partial charge >= 0.3 is 0 Å². The third-order valence-electron chi connectivity index (χ3n) is 4.65. The van der Waals surface area contributed by atoms with Gasteiger partial charge in [-0.15, -0.1) is 0 Å². The highest BCUT2D eigenvalue weighted by Crippen LogP contribution is 2.30. The molecule has 3 heteroatoms. The van der Waals surface area contributed by atoms with Gasteiger partial charge in [-0.25, -0.2) is 4.39 Å². The van der Waals surface area contributed by atoms with E-state index in [2.05, 4.69) is 37.1 Å². The first-order chi connectivity index (χ1) is 10.2. The lowest BCUT2D eigenvalue weighted by Crippen LogP contribution is -2.37. The fourth-order valence-corrected chi connectivity index (χ4v) is 3.47. The summed E-state index contributed by atoms with van der Waals surface area (Å²) in [4.78, 5) is 2.26. The second-order valence-corrected chi connectivity index (χ2v) is 6.07. The molecule has 0 heterocycles. The summed E-state index contributed by atoms with van der Waals surface area (Å²) in [6.45, 7) is 8.06. The van der Waals surface area contributed by atoms with E-state index in [1.807, 2.05) is 6.07 Å². The highest BCUT2D eigenvalue weighted by molar-refractivity contribution is 5.50. The molecule has 1 N–H and O–H groups in total. The van der Waals surface area contributed by atoms with Crippen LogP contribution in [0.4, 0.5) is 10.1 Å². The molecule has 0 amide bonds. The summed E-state index contributed by atoms with van der Waals surface area (Å²) < 4.78 is 14.6. The van der Waals surface area contributed by atoms with Crippen LogP contribution < -0.4 is 10.2 Å². The van der Waals surface area contributed by atoms with Crippen LogP contribution in [-0.4, -0.2) is 19.1 Å². The average Bonchev–Trinajstić information content (AvgIpc) is 2.51. The largest absolute Gasteiger partial charge is 0.366 e. The summed E-state index contributed by atoms with van der Waals surface area (Å²) >= 11 is 0. The van der Waals surface area contributed by atoms with Gasteiger partial charge in [-0.2, -0.15) is 0 Å². The monoisotopic (exact) mass is 292 g/mol. The van der Waals surface area contributed by atoms with Gasteiger partial charge < -0.3 is 10.2 Å². The van der Waals surface area contributed by atoms with Crippen LogP contribution in [0, 0.1) is 5.82 Å². The molecule has 0 aromatic heterocycles. The first-order valence-electron chi connectivity index (χ1n) is 8.46. The Labute approximate surface area is 128 Å². The quantitative estimate of drug-likeness (QED) is 0.820. The van der Waals surface area contributed by atoms with E-state index in [1.54, 1.807) is 6.07 Å². The van der Waals surface area contributed by atoms with Crippen molar-refractivity contribution in [2.24, 2.45) is 0 Å². The van der Waals surface area contributed by atoms with E-state index >= 15 is 0 Å². The van der Waals surface area contributed by atoms with E-state index < -0.39 is 0 Å². The van der Waals surface area contributed by atoms with E-state index in [0.29, 0.717) is 6.04 Å². The second kappa shape index (κ2) is 7.79. The smallest absolute Gasteiger partial charge is 0.146 e. The number of hydrogen-bond donors (Lipinski definition) is 1. The minimum atomic E-state index is -0.0790. The molecule has 1 aromatic rings. The van der Waals surface area contributed by atoms with Crippen molar-refractivity contribution in [1.82, 2.24) is 5.32 Å². The third-order valence-corrected chi connectivity index (χ3v) is 4.65. The maximum atomic E-state index is 14.6. The Hall–Kier alpha value is -1.09. The van der Waals surface area contributed by atoms with Gasteiger partial charge in [-0.3, -0.25) is 0 Å². The first-order valence-corrected chi connectivity index (χ1v) is 8.46. The molecule has 1 aliphatic rings. The van der Waals surface area contributed by atoms with E-state index in [4.69, 9.17) is 0 Å². The van der Waals surface area contributed by atoms with Gasteiger partial charge in [0.15, 0.2) is 0 Å². The Morgan fingerprint density at radius 3 is 2.52 bits per heavy atom. The predicted octanol–water partition coefficient (Wildman–Crippen LogP) is 4.66. The fraction of sp³-hybridized carbons (Fsp3) is 0.667. The molecule has 1 saturated carbocycles. The Morgan fingerprint density at radius 1 is 1.24 bits per heavy atom. The van der Waals surface area contributed by atoms with E-state index in [9.17, 15) is 4.39 Å². The zero-order valence-corrected chi connectivity index (χ0v) is 13.7. The highest BCUT2D eigenvalue weighted by atomic mass is 19.1. The number of hydrogen-bond acceptors (Lipinski definition) is 2. The SMILES string of the molecule is CCNC(C)c1ccc(N(CC)C2CCCCC2)c(F)c1. The summed E-state index contributed by atoms with van der Waals surface area (Å²) in [7, 11) is 0. The summed E-state index contributed by atoms with van der Waals surface area (Å²) in [5.41, 5.74) is 1.80. The zero-order valence-electron chi connectivity index (χ0n) is 13.7. The Bertz CT molecular complexity index is 441. The molecule has 2 rings (SSSR count). The Morgan fingerprint density at radius 2 is 1.95 bits per heavy atom. The van der Waals surface area contributed by atoms with E-state index in [0.717, 1.165) is 24.3 Å². The molecular weight excluding hydrogens is 263 g/mol. The van der Waals surface area contributed by atoms with Gasteiger partial charge in [0.25, 0.3) is 0 Å². The number of nitrogens with zero attached hydrogens (tertiary/aromatic N) is 1. The number of anilines is 1. The molecule has 0 bridgehead atoms. The molecule has 1 aliphatic carbocycles. The lowest BCUT2D eigenvalue weighted by Gasteiger charge is -2.35. The van der Waals surface area contributed by atoms with E-state index in [-0.39, 0.29) is 11.9 Å². The average molecular weight is 292 g/mol. The maximum absolute atomic E-state index is 14.6. The van der Waals surface area contributed by atoms with Crippen molar-refractivity contribution < 1.29 is 4.39 Å². The molecule has 1 fully saturated rings. The van der Waals surface area contributed by atoms with Crippen molar-refractivity contribution >= 4 is 5.69 Å². The van der Waals surface area contributed by atoms with E-state index in [1.165, 1.54) is 32.1 Å². The molecule has 0 aliphatic heterocycles. The molecule has 0 spiro atoms. The van der Waals surface area contributed by atoms with Crippen LogP contribution in [0.25, 0.3) is 0 Å². The molecule has 118 valence electrons. The topological polar surface area (TPSA) is 15.3 Å². The van der Waals surface area contributed by atoms with Crippen molar-refractivity contribution in [3.63, 3.8) is 0 Å². The van der Waals surface area contributed by atoms with Crippen molar-refractivity contribution in [3.8, 4) is 0 Å². The zero-order chi connectivity index (χ0) is 15.2. The standard InChI is InChI=1S/C18H29FN2/c1-4-20-14(3)15-11-12-18(17(19)13-15)21(5-2)16-9-7-6-8-10-16/h11-14,16,20H,4-10H2,1-3H3. The molecule has 1 unspecified atom stereocenters. The second-order valence-electron chi connectivity index (χ2n) is 6.07. The third kappa shape index (κ3) is 3.97. The minimum absolute atomic E-state index is 0.0790. The fourth-order valence-electron chi connectivity index (χ4n) is 3.47. The number of halogens is 1. The minimum Gasteiger partial charge on any atom is -0.366 e. The molecule has 0 saturated heterocycles. The van der Waals surface area contributed by atoms with Gasteiger partial charge in [0.2, 0.25) is 0 Å². The predicted molar refractivity (Wildman–Crippen MR) is 88.4 cm³/mol. The molecule has 2 nitrogen and oxygen atoms in total. The maximum Gasteiger partial charge on any atom is 0.146 e. The van der Waals surface area contributed by atoms with Gasteiger partial charge in [0.05, 0.1) is 5.69 Å². The van der Waals surface area contributed by atoms with Crippen molar-refractivity contribution in [2.45, 2.75) is 65.0 Å². The highest BCUT2D eigenvalue weighted by Gasteiger charge is 2.22. The normalized spacial score (nSPS) is 17.7. The molecule has 1 atom stereocenters. The summed E-state index contributed by atoms with van der Waals surface area (Å²) in [6, 6.07) is 6.45. The van der Waals surface area contributed by atoms with Crippen molar-refractivity contribution in [3.05, 3.63) is 29.6 Å². The Kier molecular flexibility index (Phi) is 6.04. The van der Waals surface area contributed by atoms with Gasteiger partial charge in [-0.1, -0.05) is 32.3 Å². The lowest BCUT2D eigenvalue weighted by molar-refractivity contribution is 0.414. The van der Waals surface area contributed by atoms with Crippen LogP contribution in [0.2, 0.25) is 0 Å². The van der Waals surface area contributed by atoms with Crippen molar-refractivity contribution in [1.29, 1.82) is 0 Å². The van der Waals surface area contributed by atoms with Crippen LogP contribution in [0.1, 0.15) is 64.5 Å². The molecule has 0 radical (unpaired) electrons. The van der Waals surface area contributed by atoms with Crippen LogP contribution >= 0.6 is 0 Å². The summed E-state index contributed by atoms with van der Waals surface area (Å²) in [5, 5.41) is 3.33. The number of rotatable bonds is 6. The van der Waals surface area contributed by atoms with Crippen molar-refractivity contribution in [2.75, 3.05) is 18.0 Å². The number of nitrogens with one attached hydrogen (secondary N) is 1. The molecule has 21 heavy (non-hydrogen) atoms. The van der Waals surface area contributed by atoms with Crippen LogP contribution in [-0.2, 0) is 0 Å². The Balaban J connectivity index is 2.17. The molecule has 1 aromatic carbocycles. The molecular formula is C18H29FN2. The van der Waals surface area contributed by atoms with Gasteiger partial charge in [-0.05, 0) is 50.9 Å². The van der Waals surface area contributed by atoms with Gasteiger partial charge in [0, 0.05) is 18.6 Å². The first kappa shape index (κ1) is 16.3.